The van der Waals surface area contributed by atoms with E-state index in [1.165, 1.54) is 0 Å². The van der Waals surface area contributed by atoms with Crippen molar-refractivity contribution in [3.8, 4) is 0 Å². The lowest BCUT2D eigenvalue weighted by Crippen LogP contribution is -2.28. The standard InChI is InChI=1S/C19H20N4O3S2/c1-3-16(14-11-9-13(2)10-12-14)23-28(25,26)19-22-21-18(27-19)20-17(24)15-7-5-4-6-8-15/h4-12,16,23H,3H2,1-2H3,(H,20,21,24). The maximum atomic E-state index is 12.7. The molecule has 0 fully saturated rings. The molecular formula is C19H20N4O3S2. The van der Waals surface area contributed by atoms with Crippen molar-refractivity contribution in [2.24, 2.45) is 0 Å². The molecule has 1 atom stereocenters. The molecule has 7 nitrogen and oxygen atoms in total. The summed E-state index contributed by atoms with van der Waals surface area (Å²) in [6.07, 6.45) is 0.582. The second kappa shape index (κ2) is 8.59. The van der Waals surface area contributed by atoms with E-state index in [4.69, 9.17) is 0 Å². The summed E-state index contributed by atoms with van der Waals surface area (Å²) in [5, 5.41) is 10.2. The molecule has 0 bridgehead atoms. The van der Waals surface area contributed by atoms with Crippen molar-refractivity contribution in [2.75, 3.05) is 5.32 Å². The highest BCUT2D eigenvalue weighted by Crippen LogP contribution is 2.24. The Kier molecular flexibility index (Phi) is 6.18. The quantitative estimate of drug-likeness (QED) is 0.574. The molecule has 1 heterocycles. The van der Waals surface area contributed by atoms with Crippen LogP contribution in [0.15, 0.2) is 58.9 Å². The SMILES string of the molecule is CCC(NS(=O)(=O)c1nnc(NC(=O)c2ccccc2)s1)c1ccc(C)cc1. The third-order valence-corrected chi connectivity index (χ3v) is 6.76. The Morgan fingerprint density at radius 3 is 2.39 bits per heavy atom. The average Bonchev–Trinajstić information content (AvgIpc) is 3.17. The summed E-state index contributed by atoms with van der Waals surface area (Å²) >= 11 is 0.808. The van der Waals surface area contributed by atoms with Crippen molar-refractivity contribution >= 4 is 32.4 Å². The highest BCUT2D eigenvalue weighted by Gasteiger charge is 2.25. The number of nitrogens with zero attached hydrogens (tertiary/aromatic N) is 2. The molecule has 2 N–H and O–H groups in total. The van der Waals surface area contributed by atoms with Crippen LogP contribution < -0.4 is 10.0 Å². The summed E-state index contributed by atoms with van der Waals surface area (Å²) in [6, 6.07) is 15.9. The van der Waals surface area contributed by atoms with Crippen molar-refractivity contribution in [2.45, 2.75) is 30.6 Å². The lowest BCUT2D eigenvalue weighted by atomic mass is 10.0. The molecule has 9 heteroatoms. The number of aryl methyl sites for hydroxylation is 1. The number of anilines is 1. The van der Waals surface area contributed by atoms with Gasteiger partial charge in [-0.1, -0.05) is 66.3 Å². The molecule has 0 radical (unpaired) electrons. The van der Waals surface area contributed by atoms with Gasteiger partial charge in [0.2, 0.25) is 9.47 Å². The molecule has 146 valence electrons. The molecule has 1 unspecified atom stereocenters. The van der Waals surface area contributed by atoms with Gasteiger partial charge < -0.3 is 0 Å². The van der Waals surface area contributed by atoms with Gasteiger partial charge in [0.25, 0.3) is 15.9 Å². The molecule has 0 spiro atoms. The van der Waals surface area contributed by atoms with Gasteiger partial charge in [-0.25, -0.2) is 13.1 Å². The molecule has 0 aliphatic heterocycles. The smallest absolute Gasteiger partial charge is 0.270 e. The summed E-state index contributed by atoms with van der Waals surface area (Å²) in [7, 11) is -3.87. The number of aromatic nitrogens is 2. The van der Waals surface area contributed by atoms with Crippen LogP contribution in [-0.4, -0.2) is 24.5 Å². The maximum Gasteiger partial charge on any atom is 0.270 e. The highest BCUT2D eigenvalue weighted by atomic mass is 32.2. The van der Waals surface area contributed by atoms with Gasteiger partial charge in [0, 0.05) is 11.6 Å². The molecular weight excluding hydrogens is 396 g/mol. The number of hydrogen-bond acceptors (Lipinski definition) is 6. The Balaban J connectivity index is 1.73. The predicted octanol–water partition coefficient (Wildman–Crippen LogP) is 3.53. The van der Waals surface area contributed by atoms with E-state index in [9.17, 15) is 13.2 Å². The van der Waals surface area contributed by atoms with Gasteiger partial charge in [0.15, 0.2) is 0 Å². The fourth-order valence-electron chi connectivity index (χ4n) is 2.55. The van der Waals surface area contributed by atoms with Crippen LogP contribution >= 0.6 is 11.3 Å². The first-order valence-electron chi connectivity index (χ1n) is 8.68. The summed E-state index contributed by atoms with van der Waals surface area (Å²) < 4.78 is 27.9. The van der Waals surface area contributed by atoms with E-state index in [1.807, 2.05) is 38.1 Å². The largest absolute Gasteiger partial charge is 0.296 e. The van der Waals surface area contributed by atoms with Gasteiger partial charge in [-0.2, -0.15) is 0 Å². The van der Waals surface area contributed by atoms with Crippen LogP contribution in [0.5, 0.6) is 0 Å². The number of hydrogen-bond donors (Lipinski definition) is 2. The van der Waals surface area contributed by atoms with Crippen molar-refractivity contribution in [1.82, 2.24) is 14.9 Å². The third-order valence-electron chi connectivity index (χ3n) is 4.08. The van der Waals surface area contributed by atoms with Crippen LogP contribution in [0.1, 0.15) is 40.9 Å². The Bertz CT molecular complexity index is 1050. The molecule has 0 aliphatic rings. The zero-order valence-electron chi connectivity index (χ0n) is 15.4. The van der Waals surface area contributed by atoms with Crippen LogP contribution in [0, 0.1) is 6.92 Å². The second-order valence-electron chi connectivity index (χ2n) is 6.19. The molecule has 0 aliphatic carbocycles. The van der Waals surface area contributed by atoms with Gasteiger partial charge in [-0.05, 0) is 31.0 Å². The minimum atomic E-state index is -3.87. The predicted molar refractivity (Wildman–Crippen MR) is 109 cm³/mol. The number of amides is 1. The molecule has 28 heavy (non-hydrogen) atoms. The monoisotopic (exact) mass is 416 g/mol. The zero-order chi connectivity index (χ0) is 20.1. The topological polar surface area (TPSA) is 101 Å². The van der Waals surface area contributed by atoms with Crippen molar-refractivity contribution in [1.29, 1.82) is 0 Å². The molecule has 2 aromatic carbocycles. The number of carbonyl (C=O) groups excluding carboxylic acids is 1. The molecule has 0 saturated heterocycles. The fourth-order valence-corrected chi connectivity index (χ4v) is 4.77. The third kappa shape index (κ3) is 4.80. The number of rotatable bonds is 7. The maximum absolute atomic E-state index is 12.7. The number of nitrogens with one attached hydrogen (secondary N) is 2. The van der Waals surface area contributed by atoms with Crippen LogP contribution in [0.2, 0.25) is 0 Å². The lowest BCUT2D eigenvalue weighted by Gasteiger charge is -2.16. The van der Waals surface area contributed by atoms with Crippen LogP contribution in [0.4, 0.5) is 5.13 Å². The van der Waals surface area contributed by atoms with E-state index in [0.29, 0.717) is 12.0 Å². The number of sulfonamides is 1. The Morgan fingerprint density at radius 1 is 1.07 bits per heavy atom. The molecule has 0 saturated carbocycles. The molecule has 1 amide bonds. The Labute approximate surface area is 167 Å². The Morgan fingerprint density at radius 2 is 1.75 bits per heavy atom. The minimum Gasteiger partial charge on any atom is -0.296 e. The van der Waals surface area contributed by atoms with E-state index in [2.05, 4.69) is 20.2 Å². The number of benzene rings is 2. The first-order valence-corrected chi connectivity index (χ1v) is 11.0. The number of carbonyl (C=O) groups is 1. The van der Waals surface area contributed by atoms with Crippen molar-refractivity contribution < 1.29 is 13.2 Å². The fraction of sp³-hybridized carbons (Fsp3) is 0.211. The average molecular weight is 417 g/mol. The van der Waals surface area contributed by atoms with E-state index < -0.39 is 10.0 Å². The van der Waals surface area contributed by atoms with Gasteiger partial charge >= 0.3 is 0 Å². The van der Waals surface area contributed by atoms with E-state index in [-0.39, 0.29) is 21.4 Å². The van der Waals surface area contributed by atoms with Gasteiger partial charge in [0.1, 0.15) is 0 Å². The Hall–Kier alpha value is -2.62. The minimum absolute atomic E-state index is 0.123. The summed E-state index contributed by atoms with van der Waals surface area (Å²) in [6.45, 7) is 3.88. The van der Waals surface area contributed by atoms with Gasteiger partial charge in [0.05, 0.1) is 0 Å². The molecule has 1 aromatic heterocycles. The van der Waals surface area contributed by atoms with Gasteiger partial charge in [-0.3, -0.25) is 10.1 Å². The van der Waals surface area contributed by atoms with E-state index >= 15 is 0 Å². The van der Waals surface area contributed by atoms with Crippen LogP contribution in [0.3, 0.4) is 0 Å². The van der Waals surface area contributed by atoms with Crippen LogP contribution in [0.25, 0.3) is 0 Å². The first kappa shape index (κ1) is 20.1. The van der Waals surface area contributed by atoms with E-state index in [0.717, 1.165) is 22.5 Å². The summed E-state index contributed by atoms with van der Waals surface area (Å²) in [5.41, 5.74) is 2.42. The lowest BCUT2D eigenvalue weighted by molar-refractivity contribution is 0.102. The summed E-state index contributed by atoms with van der Waals surface area (Å²) in [4.78, 5) is 12.2. The van der Waals surface area contributed by atoms with E-state index in [1.54, 1.807) is 30.3 Å². The first-order chi connectivity index (χ1) is 13.4. The highest BCUT2D eigenvalue weighted by molar-refractivity contribution is 7.91. The normalized spacial score (nSPS) is 12.5. The van der Waals surface area contributed by atoms with Crippen molar-refractivity contribution in [3.05, 3.63) is 71.3 Å². The molecule has 3 aromatic rings. The zero-order valence-corrected chi connectivity index (χ0v) is 17.0. The second-order valence-corrected chi connectivity index (χ2v) is 9.05. The summed E-state index contributed by atoms with van der Waals surface area (Å²) in [5.74, 6) is -0.375. The van der Waals surface area contributed by atoms with Gasteiger partial charge in [-0.15, -0.1) is 10.2 Å². The molecule has 3 rings (SSSR count). The van der Waals surface area contributed by atoms with Crippen LogP contribution in [-0.2, 0) is 10.0 Å². The van der Waals surface area contributed by atoms with Crippen molar-refractivity contribution in [3.63, 3.8) is 0 Å².